The van der Waals surface area contributed by atoms with Gasteiger partial charge in [0, 0.05) is 48.7 Å². The summed E-state index contributed by atoms with van der Waals surface area (Å²) in [5, 5.41) is 7.69. The molecule has 0 spiro atoms. The maximum absolute atomic E-state index is 13.4. The van der Waals surface area contributed by atoms with Gasteiger partial charge in [-0.2, -0.15) is 5.10 Å². The van der Waals surface area contributed by atoms with Crippen molar-refractivity contribution in [1.82, 2.24) is 20.1 Å². The third kappa shape index (κ3) is 2.83. The summed E-state index contributed by atoms with van der Waals surface area (Å²) in [4.78, 5) is 19.5. The van der Waals surface area contributed by atoms with E-state index in [-0.39, 0.29) is 11.8 Å². The van der Waals surface area contributed by atoms with Gasteiger partial charge in [-0.3, -0.25) is 14.9 Å². The van der Waals surface area contributed by atoms with Crippen LogP contribution in [-0.4, -0.2) is 32.5 Å². The number of aromatic nitrogens is 3. The Kier molecular flexibility index (Phi) is 4.00. The molecule has 1 amide bonds. The molecule has 0 fully saturated rings. The van der Waals surface area contributed by atoms with Crippen molar-refractivity contribution in [3.05, 3.63) is 71.2 Å². The fraction of sp³-hybridized carbons (Fsp3) is 0.318. The molecule has 27 heavy (non-hydrogen) atoms. The maximum Gasteiger partial charge on any atom is 0.230 e. The molecule has 0 saturated carbocycles. The summed E-state index contributed by atoms with van der Waals surface area (Å²) in [7, 11) is 0. The monoisotopic (exact) mass is 358 g/mol. The third-order valence-corrected chi connectivity index (χ3v) is 5.87. The highest BCUT2D eigenvalue weighted by atomic mass is 16.2. The number of rotatable bonds is 2. The van der Waals surface area contributed by atoms with Gasteiger partial charge in [0.15, 0.2) is 0 Å². The highest BCUT2D eigenvalue weighted by molar-refractivity contribution is 5.85. The summed E-state index contributed by atoms with van der Waals surface area (Å²) < 4.78 is 0. The number of amides is 1. The number of H-pyrrole nitrogens is 1. The summed E-state index contributed by atoms with van der Waals surface area (Å²) in [5.74, 6) is 0.252. The standard InChI is InChI=1S/C22H22N4O/c27-22(18-7-3-5-15-4-1-2-6-17(15)18)26-13-10-20-19(14-26)21(25-24-20)16-8-11-23-12-9-16/h1-2,4,6,8-9,11-12,18H,3,5,7,10,13-14H2,(H,24,25). The molecule has 5 rings (SSSR count). The van der Waals surface area contributed by atoms with Crippen molar-refractivity contribution in [2.75, 3.05) is 6.54 Å². The van der Waals surface area contributed by atoms with Crippen LogP contribution in [0.5, 0.6) is 0 Å². The van der Waals surface area contributed by atoms with Crippen molar-refractivity contribution in [3.63, 3.8) is 0 Å². The second-order valence-electron chi connectivity index (χ2n) is 7.42. The van der Waals surface area contributed by atoms with E-state index >= 15 is 0 Å². The zero-order valence-electron chi connectivity index (χ0n) is 15.2. The van der Waals surface area contributed by atoms with E-state index in [2.05, 4.69) is 39.4 Å². The Labute approximate surface area is 158 Å². The molecule has 2 aliphatic rings. The van der Waals surface area contributed by atoms with E-state index in [1.807, 2.05) is 17.0 Å². The average Bonchev–Trinajstić information content (AvgIpc) is 3.17. The number of carbonyl (C=O) groups is 1. The second kappa shape index (κ2) is 6.65. The summed E-state index contributed by atoms with van der Waals surface area (Å²) in [6.07, 6.45) is 7.50. The minimum absolute atomic E-state index is 0.00669. The van der Waals surface area contributed by atoms with Crippen LogP contribution in [0.25, 0.3) is 11.3 Å². The third-order valence-electron chi connectivity index (χ3n) is 5.87. The number of benzene rings is 1. The van der Waals surface area contributed by atoms with E-state index in [1.54, 1.807) is 12.4 Å². The van der Waals surface area contributed by atoms with Crippen LogP contribution in [0.15, 0.2) is 48.8 Å². The maximum atomic E-state index is 13.4. The lowest BCUT2D eigenvalue weighted by atomic mass is 9.82. The van der Waals surface area contributed by atoms with E-state index in [0.29, 0.717) is 6.54 Å². The molecular weight excluding hydrogens is 336 g/mol. The van der Waals surface area contributed by atoms with Crippen molar-refractivity contribution < 1.29 is 4.79 Å². The van der Waals surface area contributed by atoms with E-state index < -0.39 is 0 Å². The molecule has 0 saturated heterocycles. The van der Waals surface area contributed by atoms with Crippen molar-refractivity contribution in [2.24, 2.45) is 0 Å². The second-order valence-corrected chi connectivity index (χ2v) is 7.42. The van der Waals surface area contributed by atoms with Gasteiger partial charge in [0.05, 0.1) is 11.6 Å². The largest absolute Gasteiger partial charge is 0.337 e. The molecule has 5 nitrogen and oxygen atoms in total. The Hall–Kier alpha value is -2.95. The van der Waals surface area contributed by atoms with Crippen molar-refractivity contribution in [3.8, 4) is 11.3 Å². The Morgan fingerprint density at radius 3 is 2.85 bits per heavy atom. The molecule has 1 atom stereocenters. The number of carbonyl (C=O) groups excluding carboxylic acids is 1. The first-order valence-electron chi connectivity index (χ1n) is 9.64. The molecular formula is C22H22N4O. The molecule has 0 radical (unpaired) electrons. The number of aryl methyl sites for hydroxylation is 1. The minimum Gasteiger partial charge on any atom is -0.337 e. The van der Waals surface area contributed by atoms with Crippen LogP contribution >= 0.6 is 0 Å². The number of hydrogen-bond acceptors (Lipinski definition) is 3. The fourth-order valence-electron chi connectivity index (χ4n) is 4.46. The van der Waals surface area contributed by atoms with Gasteiger partial charge in [0.25, 0.3) is 0 Å². The number of nitrogens with zero attached hydrogens (tertiary/aromatic N) is 3. The number of nitrogens with one attached hydrogen (secondary N) is 1. The lowest BCUT2D eigenvalue weighted by molar-refractivity contribution is -0.134. The van der Waals surface area contributed by atoms with Gasteiger partial charge >= 0.3 is 0 Å². The van der Waals surface area contributed by atoms with E-state index in [0.717, 1.165) is 54.7 Å². The summed E-state index contributed by atoms with van der Waals surface area (Å²) in [6.45, 7) is 1.38. The lowest BCUT2D eigenvalue weighted by Crippen LogP contribution is -2.39. The Morgan fingerprint density at radius 2 is 1.96 bits per heavy atom. The van der Waals surface area contributed by atoms with Crippen LogP contribution in [0.4, 0.5) is 0 Å². The molecule has 136 valence electrons. The highest BCUT2D eigenvalue weighted by Crippen LogP contribution is 2.35. The molecule has 3 aromatic rings. The molecule has 5 heteroatoms. The topological polar surface area (TPSA) is 61.9 Å². The van der Waals surface area contributed by atoms with Crippen molar-refractivity contribution >= 4 is 5.91 Å². The Morgan fingerprint density at radius 1 is 1.11 bits per heavy atom. The van der Waals surface area contributed by atoms with Crippen LogP contribution in [0.2, 0.25) is 0 Å². The summed E-state index contributed by atoms with van der Waals surface area (Å²) >= 11 is 0. The van der Waals surface area contributed by atoms with Gasteiger partial charge in [0.2, 0.25) is 5.91 Å². The van der Waals surface area contributed by atoms with Crippen LogP contribution < -0.4 is 0 Å². The number of fused-ring (bicyclic) bond motifs is 2. The predicted octanol–water partition coefficient (Wildman–Crippen LogP) is 3.48. The van der Waals surface area contributed by atoms with E-state index in [4.69, 9.17) is 0 Å². The summed E-state index contributed by atoms with van der Waals surface area (Å²) in [6, 6.07) is 12.4. The minimum atomic E-state index is -0.00669. The van der Waals surface area contributed by atoms with Crippen LogP contribution in [0.1, 0.15) is 41.1 Å². The molecule has 1 N–H and O–H groups in total. The van der Waals surface area contributed by atoms with Gasteiger partial charge in [-0.25, -0.2) is 0 Å². The van der Waals surface area contributed by atoms with Gasteiger partial charge in [-0.1, -0.05) is 24.3 Å². The smallest absolute Gasteiger partial charge is 0.230 e. The van der Waals surface area contributed by atoms with Crippen LogP contribution in [0, 0.1) is 0 Å². The van der Waals surface area contributed by atoms with Gasteiger partial charge in [-0.05, 0) is 42.5 Å². The number of aromatic amines is 1. The molecule has 1 unspecified atom stereocenters. The quantitative estimate of drug-likeness (QED) is 0.763. The van der Waals surface area contributed by atoms with E-state index in [9.17, 15) is 4.79 Å². The Bertz CT molecular complexity index is 979. The number of pyridine rings is 1. The normalized spacial score (nSPS) is 18.7. The molecule has 1 aliphatic heterocycles. The molecule has 3 heterocycles. The first-order valence-corrected chi connectivity index (χ1v) is 9.64. The molecule has 2 aromatic heterocycles. The first-order chi connectivity index (χ1) is 13.3. The lowest BCUT2D eigenvalue weighted by Gasteiger charge is -2.33. The Balaban J connectivity index is 1.43. The van der Waals surface area contributed by atoms with Gasteiger partial charge in [0.1, 0.15) is 0 Å². The summed E-state index contributed by atoms with van der Waals surface area (Å²) in [5.41, 5.74) is 6.83. The highest BCUT2D eigenvalue weighted by Gasteiger charge is 2.32. The van der Waals surface area contributed by atoms with Crippen molar-refractivity contribution in [1.29, 1.82) is 0 Å². The average molecular weight is 358 g/mol. The van der Waals surface area contributed by atoms with Crippen LogP contribution in [0.3, 0.4) is 0 Å². The van der Waals surface area contributed by atoms with E-state index in [1.165, 1.54) is 11.1 Å². The SMILES string of the molecule is O=C(C1CCCc2ccccc21)N1CCc2[nH]nc(-c3ccncc3)c2C1. The van der Waals surface area contributed by atoms with Crippen molar-refractivity contribution in [2.45, 2.75) is 38.1 Å². The zero-order valence-corrected chi connectivity index (χ0v) is 15.2. The predicted molar refractivity (Wildman–Crippen MR) is 103 cm³/mol. The van der Waals surface area contributed by atoms with Gasteiger partial charge < -0.3 is 4.90 Å². The first kappa shape index (κ1) is 16.2. The van der Waals surface area contributed by atoms with Crippen LogP contribution in [-0.2, 0) is 24.2 Å². The number of hydrogen-bond donors (Lipinski definition) is 1. The fourth-order valence-corrected chi connectivity index (χ4v) is 4.46. The molecule has 1 aliphatic carbocycles. The molecule has 0 bridgehead atoms. The molecule has 1 aromatic carbocycles. The zero-order chi connectivity index (χ0) is 18.2. The van der Waals surface area contributed by atoms with Gasteiger partial charge in [-0.15, -0.1) is 0 Å².